The molecule has 5 nitrogen and oxygen atoms in total. The Morgan fingerprint density at radius 3 is 2.22 bits per heavy atom. The Bertz CT molecular complexity index is 645. The topological polar surface area (TPSA) is 49.7 Å². The molecule has 2 aromatic rings. The molecule has 0 aliphatic rings. The highest BCUT2D eigenvalue weighted by Gasteiger charge is 2.17. The first-order valence-electron chi connectivity index (χ1n) is 5.42. The second-order valence-electron chi connectivity index (χ2n) is 3.84. The van der Waals surface area contributed by atoms with Crippen molar-refractivity contribution in [2.75, 3.05) is 21.3 Å². The Labute approximate surface area is 105 Å². The van der Waals surface area contributed by atoms with Crippen LogP contribution in [0.4, 0.5) is 0 Å². The number of methoxy groups -OCH3 is 3. The molecule has 96 valence electrons. The van der Waals surface area contributed by atoms with Crippen LogP contribution in [0.15, 0.2) is 23.1 Å². The average molecular weight is 249 g/mol. The van der Waals surface area contributed by atoms with E-state index in [-0.39, 0.29) is 5.56 Å². The summed E-state index contributed by atoms with van der Waals surface area (Å²) in [6.45, 7) is 0. The molecule has 1 heterocycles. The lowest BCUT2D eigenvalue weighted by atomic mass is 10.1. The maximum Gasteiger partial charge on any atom is 0.258 e. The van der Waals surface area contributed by atoms with Gasteiger partial charge >= 0.3 is 0 Å². The maximum absolute atomic E-state index is 12.1. The molecule has 0 atom stereocenters. The Morgan fingerprint density at radius 1 is 1.00 bits per heavy atom. The minimum Gasteiger partial charge on any atom is -0.493 e. The highest BCUT2D eigenvalue weighted by Crippen LogP contribution is 2.42. The summed E-state index contributed by atoms with van der Waals surface area (Å²) in [6.07, 6.45) is 1.69. The van der Waals surface area contributed by atoms with Crippen LogP contribution in [-0.4, -0.2) is 25.9 Å². The summed E-state index contributed by atoms with van der Waals surface area (Å²) in [7, 11) is 6.29. The van der Waals surface area contributed by atoms with Crippen LogP contribution in [0, 0.1) is 0 Å². The van der Waals surface area contributed by atoms with E-state index < -0.39 is 0 Å². The first-order chi connectivity index (χ1) is 8.63. The van der Waals surface area contributed by atoms with Crippen molar-refractivity contribution in [3.63, 3.8) is 0 Å². The van der Waals surface area contributed by atoms with Crippen LogP contribution in [0.5, 0.6) is 17.2 Å². The molecule has 5 heteroatoms. The molecule has 0 aliphatic heterocycles. The van der Waals surface area contributed by atoms with E-state index in [4.69, 9.17) is 14.2 Å². The Balaban J connectivity index is 2.96. The van der Waals surface area contributed by atoms with E-state index in [2.05, 4.69) is 0 Å². The average Bonchev–Trinajstić information content (AvgIpc) is 2.40. The van der Waals surface area contributed by atoms with Gasteiger partial charge in [0.05, 0.1) is 26.7 Å². The van der Waals surface area contributed by atoms with Crippen molar-refractivity contribution in [1.82, 2.24) is 4.57 Å². The Morgan fingerprint density at radius 2 is 1.67 bits per heavy atom. The second kappa shape index (κ2) is 4.60. The molecule has 0 saturated carbocycles. The molecule has 1 aromatic heterocycles. The molecule has 0 aliphatic carbocycles. The summed E-state index contributed by atoms with van der Waals surface area (Å²) < 4.78 is 17.3. The van der Waals surface area contributed by atoms with Gasteiger partial charge in [-0.3, -0.25) is 4.79 Å². The summed E-state index contributed by atoms with van der Waals surface area (Å²) in [4.78, 5) is 12.1. The van der Waals surface area contributed by atoms with Gasteiger partial charge in [-0.2, -0.15) is 0 Å². The smallest absolute Gasteiger partial charge is 0.258 e. The fraction of sp³-hybridized carbons (Fsp3) is 0.308. The lowest BCUT2D eigenvalue weighted by Crippen LogP contribution is -2.16. The minimum atomic E-state index is -0.105. The summed E-state index contributed by atoms with van der Waals surface area (Å²) >= 11 is 0. The fourth-order valence-electron chi connectivity index (χ4n) is 1.96. The quantitative estimate of drug-likeness (QED) is 0.828. The number of fused-ring (bicyclic) bond motifs is 1. The fourth-order valence-corrected chi connectivity index (χ4v) is 1.96. The molecule has 0 amide bonds. The van der Waals surface area contributed by atoms with E-state index in [1.165, 1.54) is 25.9 Å². The van der Waals surface area contributed by atoms with E-state index in [0.717, 1.165) is 0 Å². The molecule has 0 bridgehead atoms. The molecule has 0 N–H and O–H groups in total. The van der Waals surface area contributed by atoms with E-state index in [0.29, 0.717) is 28.0 Å². The van der Waals surface area contributed by atoms with Crippen LogP contribution in [-0.2, 0) is 7.05 Å². The number of hydrogen-bond donors (Lipinski definition) is 0. The second-order valence-corrected chi connectivity index (χ2v) is 3.84. The lowest BCUT2D eigenvalue weighted by molar-refractivity contribution is 0.327. The van der Waals surface area contributed by atoms with E-state index >= 15 is 0 Å². The van der Waals surface area contributed by atoms with Gasteiger partial charge in [-0.15, -0.1) is 0 Å². The van der Waals surface area contributed by atoms with Crippen molar-refractivity contribution in [3.05, 3.63) is 28.7 Å². The number of hydrogen-bond acceptors (Lipinski definition) is 4. The van der Waals surface area contributed by atoms with Crippen molar-refractivity contribution in [1.29, 1.82) is 0 Å². The first kappa shape index (κ1) is 12.3. The largest absolute Gasteiger partial charge is 0.493 e. The number of benzene rings is 1. The standard InChI is InChI=1S/C13H15NO4/c1-14-6-5-8-9(13(14)15)7-10(16-2)12(18-4)11(8)17-3/h5-7H,1-4H3. The highest BCUT2D eigenvalue weighted by atomic mass is 16.5. The Hall–Kier alpha value is -2.17. The number of pyridine rings is 1. The van der Waals surface area contributed by atoms with Gasteiger partial charge in [-0.25, -0.2) is 0 Å². The van der Waals surface area contributed by atoms with Gasteiger partial charge in [0.2, 0.25) is 5.75 Å². The van der Waals surface area contributed by atoms with Gasteiger partial charge in [0.1, 0.15) is 0 Å². The van der Waals surface area contributed by atoms with Crippen LogP contribution in [0.2, 0.25) is 0 Å². The minimum absolute atomic E-state index is 0.105. The van der Waals surface area contributed by atoms with Crippen LogP contribution < -0.4 is 19.8 Å². The van der Waals surface area contributed by atoms with Crippen molar-refractivity contribution < 1.29 is 14.2 Å². The molecule has 0 saturated heterocycles. The number of aromatic nitrogens is 1. The molecule has 0 radical (unpaired) electrons. The third-order valence-electron chi connectivity index (χ3n) is 2.88. The number of ether oxygens (including phenoxy) is 3. The van der Waals surface area contributed by atoms with Crippen LogP contribution in [0.1, 0.15) is 0 Å². The number of aryl methyl sites for hydroxylation is 1. The molecule has 18 heavy (non-hydrogen) atoms. The molecular formula is C13H15NO4. The van der Waals surface area contributed by atoms with Gasteiger partial charge in [-0.05, 0) is 12.1 Å². The number of nitrogens with zero attached hydrogens (tertiary/aromatic N) is 1. The summed E-state index contributed by atoms with van der Waals surface area (Å²) in [5.41, 5.74) is -0.105. The van der Waals surface area contributed by atoms with Gasteiger partial charge in [0, 0.05) is 18.6 Å². The zero-order valence-corrected chi connectivity index (χ0v) is 10.8. The predicted molar refractivity (Wildman–Crippen MR) is 68.8 cm³/mol. The molecule has 0 spiro atoms. The molecule has 0 fully saturated rings. The highest BCUT2D eigenvalue weighted by molar-refractivity contribution is 5.92. The van der Waals surface area contributed by atoms with Crippen molar-refractivity contribution >= 4 is 10.8 Å². The lowest BCUT2D eigenvalue weighted by Gasteiger charge is -2.14. The monoisotopic (exact) mass is 249 g/mol. The van der Waals surface area contributed by atoms with Gasteiger partial charge < -0.3 is 18.8 Å². The van der Waals surface area contributed by atoms with E-state index in [1.54, 1.807) is 19.3 Å². The SMILES string of the molecule is COc1cc2c(=O)n(C)ccc2c(OC)c1OC. The Kier molecular flexibility index (Phi) is 3.14. The van der Waals surface area contributed by atoms with Crippen LogP contribution in [0.3, 0.4) is 0 Å². The number of rotatable bonds is 3. The van der Waals surface area contributed by atoms with Crippen molar-refractivity contribution in [3.8, 4) is 17.2 Å². The van der Waals surface area contributed by atoms with Gasteiger partial charge in [0.15, 0.2) is 11.5 Å². The first-order valence-corrected chi connectivity index (χ1v) is 5.42. The van der Waals surface area contributed by atoms with Crippen molar-refractivity contribution in [2.24, 2.45) is 7.05 Å². The normalized spacial score (nSPS) is 10.4. The van der Waals surface area contributed by atoms with Gasteiger partial charge in [0.25, 0.3) is 5.56 Å². The third kappa shape index (κ3) is 1.68. The zero-order valence-electron chi connectivity index (χ0n) is 10.8. The van der Waals surface area contributed by atoms with E-state index in [9.17, 15) is 4.79 Å². The van der Waals surface area contributed by atoms with Gasteiger partial charge in [-0.1, -0.05) is 0 Å². The molecular weight excluding hydrogens is 234 g/mol. The molecule has 1 aromatic carbocycles. The zero-order chi connectivity index (χ0) is 13.3. The molecule has 0 unspecified atom stereocenters. The maximum atomic E-state index is 12.1. The summed E-state index contributed by atoms with van der Waals surface area (Å²) in [5, 5.41) is 1.24. The van der Waals surface area contributed by atoms with Crippen LogP contribution in [0.25, 0.3) is 10.8 Å². The third-order valence-corrected chi connectivity index (χ3v) is 2.88. The van der Waals surface area contributed by atoms with Crippen LogP contribution >= 0.6 is 0 Å². The predicted octanol–water partition coefficient (Wildman–Crippen LogP) is 1.56. The van der Waals surface area contributed by atoms with E-state index in [1.807, 2.05) is 6.07 Å². The molecule has 2 rings (SSSR count). The summed E-state index contributed by atoms with van der Waals surface area (Å²) in [6, 6.07) is 3.48. The summed E-state index contributed by atoms with van der Waals surface area (Å²) in [5.74, 6) is 1.47. The van der Waals surface area contributed by atoms with Crippen molar-refractivity contribution in [2.45, 2.75) is 0 Å².